The quantitative estimate of drug-likeness (QED) is 0.804. The molecule has 0 aliphatic carbocycles. The maximum absolute atomic E-state index is 11.6. The minimum absolute atomic E-state index is 0.198. The Morgan fingerprint density at radius 3 is 2.58 bits per heavy atom. The Balaban J connectivity index is 2.60. The molecule has 2 amide bonds. The first kappa shape index (κ1) is 16.0. The third-order valence-electron chi connectivity index (χ3n) is 2.62. The third kappa shape index (κ3) is 4.87. The van der Waals surface area contributed by atoms with Crippen molar-refractivity contribution in [3.05, 3.63) is 27.7 Å². The fourth-order valence-electron chi connectivity index (χ4n) is 1.41. The molecule has 6 heteroatoms. The van der Waals surface area contributed by atoms with Crippen molar-refractivity contribution in [3.63, 3.8) is 0 Å². The van der Waals surface area contributed by atoms with Gasteiger partial charge in [-0.05, 0) is 44.0 Å². The summed E-state index contributed by atoms with van der Waals surface area (Å²) in [5.74, 6) is -0.468. The molecule has 0 saturated heterocycles. The summed E-state index contributed by atoms with van der Waals surface area (Å²) >= 11 is 4.92. The second kappa shape index (κ2) is 6.96. The highest BCUT2D eigenvalue weighted by Gasteiger charge is 2.13. The van der Waals surface area contributed by atoms with Crippen LogP contribution in [0.5, 0.6) is 0 Å². The maximum Gasteiger partial charge on any atom is 0.239 e. The smallest absolute Gasteiger partial charge is 0.239 e. The number of hydrogen-bond donors (Lipinski definition) is 2. The van der Waals surface area contributed by atoms with Crippen molar-refractivity contribution in [3.8, 4) is 0 Å². The van der Waals surface area contributed by atoms with E-state index in [1.165, 1.54) is 11.8 Å². The lowest BCUT2D eigenvalue weighted by molar-refractivity contribution is -0.125. The molecule has 19 heavy (non-hydrogen) atoms. The third-order valence-corrected chi connectivity index (χ3v) is 4.63. The van der Waals surface area contributed by atoms with Crippen molar-refractivity contribution in [2.75, 3.05) is 5.75 Å². The summed E-state index contributed by atoms with van der Waals surface area (Å²) in [4.78, 5) is 23.5. The van der Waals surface area contributed by atoms with Crippen molar-refractivity contribution in [2.24, 2.45) is 5.73 Å². The van der Waals surface area contributed by atoms with Crippen LogP contribution in [0, 0.1) is 13.8 Å². The lowest BCUT2D eigenvalue weighted by atomic mass is 10.2. The van der Waals surface area contributed by atoms with Gasteiger partial charge in [0.1, 0.15) is 6.04 Å². The summed E-state index contributed by atoms with van der Waals surface area (Å²) in [6.07, 6.45) is 0. The molecule has 0 aliphatic heterocycles. The largest absolute Gasteiger partial charge is 0.368 e. The average molecular weight is 345 g/mol. The normalized spacial score (nSPS) is 12.0. The molecule has 0 heterocycles. The van der Waals surface area contributed by atoms with E-state index in [2.05, 4.69) is 21.2 Å². The van der Waals surface area contributed by atoms with Gasteiger partial charge in [-0.15, -0.1) is 11.8 Å². The van der Waals surface area contributed by atoms with Gasteiger partial charge in [0.15, 0.2) is 0 Å². The lowest BCUT2D eigenvalue weighted by Gasteiger charge is -2.11. The lowest BCUT2D eigenvalue weighted by Crippen LogP contribution is -2.42. The van der Waals surface area contributed by atoms with Crippen molar-refractivity contribution >= 4 is 39.5 Å². The van der Waals surface area contributed by atoms with E-state index in [1.807, 2.05) is 26.0 Å². The van der Waals surface area contributed by atoms with Gasteiger partial charge in [-0.2, -0.15) is 0 Å². The standard InChI is InChI=1S/C13H17BrN2O2S/c1-7-5-11(8(2)4-10(7)14)19-6-12(17)16-9(3)13(15)18/h4-5,9H,6H2,1-3H3,(H2,15,18)(H,16,17). The molecule has 0 fully saturated rings. The van der Waals surface area contributed by atoms with Crippen molar-refractivity contribution in [2.45, 2.75) is 31.7 Å². The van der Waals surface area contributed by atoms with E-state index in [4.69, 9.17) is 5.73 Å². The molecule has 1 unspecified atom stereocenters. The molecule has 0 saturated carbocycles. The molecule has 0 spiro atoms. The minimum Gasteiger partial charge on any atom is -0.368 e. The van der Waals surface area contributed by atoms with Crippen LogP contribution < -0.4 is 11.1 Å². The summed E-state index contributed by atoms with van der Waals surface area (Å²) in [5, 5.41) is 2.55. The highest BCUT2D eigenvalue weighted by molar-refractivity contribution is 9.10. The second-order valence-corrected chi connectivity index (χ2v) is 6.22. The highest BCUT2D eigenvalue weighted by atomic mass is 79.9. The second-order valence-electron chi connectivity index (χ2n) is 4.35. The number of primary amides is 1. The number of rotatable bonds is 5. The zero-order valence-electron chi connectivity index (χ0n) is 11.1. The van der Waals surface area contributed by atoms with Gasteiger partial charge in [0.25, 0.3) is 0 Å². The molecule has 1 aromatic rings. The zero-order valence-corrected chi connectivity index (χ0v) is 13.5. The van der Waals surface area contributed by atoms with Gasteiger partial charge in [0, 0.05) is 9.37 Å². The number of halogens is 1. The van der Waals surface area contributed by atoms with E-state index >= 15 is 0 Å². The fraction of sp³-hybridized carbons (Fsp3) is 0.385. The van der Waals surface area contributed by atoms with E-state index in [1.54, 1.807) is 6.92 Å². The summed E-state index contributed by atoms with van der Waals surface area (Å²) in [7, 11) is 0. The summed E-state index contributed by atoms with van der Waals surface area (Å²) in [5.41, 5.74) is 7.32. The van der Waals surface area contributed by atoms with E-state index in [-0.39, 0.29) is 11.7 Å². The van der Waals surface area contributed by atoms with Crippen LogP contribution in [0.25, 0.3) is 0 Å². The number of nitrogens with two attached hydrogens (primary N) is 1. The van der Waals surface area contributed by atoms with Crippen LogP contribution in [-0.2, 0) is 9.59 Å². The molecule has 0 aromatic heterocycles. The number of benzene rings is 1. The molecule has 0 bridgehead atoms. The molecule has 4 nitrogen and oxygen atoms in total. The minimum atomic E-state index is -0.638. The summed E-state index contributed by atoms with van der Waals surface area (Å²) in [6, 6.07) is 3.43. The number of carbonyl (C=O) groups excluding carboxylic acids is 2. The number of hydrogen-bond acceptors (Lipinski definition) is 3. The zero-order chi connectivity index (χ0) is 14.6. The van der Waals surface area contributed by atoms with Crippen LogP contribution in [0.3, 0.4) is 0 Å². The number of carbonyl (C=O) groups is 2. The maximum atomic E-state index is 11.6. The van der Waals surface area contributed by atoms with Gasteiger partial charge in [-0.3, -0.25) is 9.59 Å². The van der Waals surface area contributed by atoms with Crippen LogP contribution in [0.2, 0.25) is 0 Å². The number of amides is 2. The molecular weight excluding hydrogens is 328 g/mol. The Hall–Kier alpha value is -1.01. The molecule has 1 aromatic carbocycles. The first-order valence-electron chi connectivity index (χ1n) is 5.79. The number of aryl methyl sites for hydroxylation is 2. The molecule has 104 valence electrons. The topological polar surface area (TPSA) is 72.2 Å². The fourth-order valence-corrected chi connectivity index (χ4v) is 2.78. The van der Waals surface area contributed by atoms with Gasteiger partial charge < -0.3 is 11.1 Å². The predicted octanol–water partition coefficient (Wildman–Crippen LogP) is 2.15. The SMILES string of the molecule is Cc1cc(SCC(=O)NC(C)C(N)=O)c(C)cc1Br. The number of nitrogens with one attached hydrogen (secondary N) is 1. The van der Waals surface area contributed by atoms with Crippen molar-refractivity contribution < 1.29 is 9.59 Å². The van der Waals surface area contributed by atoms with Gasteiger partial charge >= 0.3 is 0 Å². The molecule has 0 aliphatic rings. The van der Waals surface area contributed by atoms with Crippen LogP contribution in [-0.4, -0.2) is 23.6 Å². The van der Waals surface area contributed by atoms with Crippen LogP contribution in [0.4, 0.5) is 0 Å². The predicted molar refractivity (Wildman–Crippen MR) is 81.1 cm³/mol. The van der Waals surface area contributed by atoms with Crippen molar-refractivity contribution in [1.82, 2.24) is 5.32 Å². The molecule has 1 atom stereocenters. The summed E-state index contributed by atoms with van der Waals surface area (Å²) < 4.78 is 1.06. The van der Waals surface area contributed by atoms with Gasteiger partial charge in [-0.1, -0.05) is 15.9 Å². The molecule has 0 radical (unpaired) electrons. The Labute approximate surface area is 125 Å². The molecular formula is C13H17BrN2O2S. The van der Waals surface area contributed by atoms with E-state index in [0.717, 1.165) is 20.5 Å². The Bertz CT molecular complexity index is 506. The van der Waals surface area contributed by atoms with Gasteiger partial charge in [0.05, 0.1) is 5.75 Å². The average Bonchev–Trinajstić information content (AvgIpc) is 2.32. The van der Waals surface area contributed by atoms with E-state index in [9.17, 15) is 9.59 Å². The Morgan fingerprint density at radius 2 is 2.00 bits per heavy atom. The van der Waals surface area contributed by atoms with Crippen LogP contribution in [0.1, 0.15) is 18.1 Å². The first-order valence-corrected chi connectivity index (χ1v) is 7.57. The highest BCUT2D eigenvalue weighted by Crippen LogP contribution is 2.28. The van der Waals surface area contributed by atoms with Crippen molar-refractivity contribution in [1.29, 1.82) is 0 Å². The van der Waals surface area contributed by atoms with Crippen LogP contribution >= 0.6 is 27.7 Å². The van der Waals surface area contributed by atoms with Crippen LogP contribution in [0.15, 0.2) is 21.5 Å². The Morgan fingerprint density at radius 1 is 1.37 bits per heavy atom. The number of thioether (sulfide) groups is 1. The molecule has 3 N–H and O–H groups in total. The first-order chi connectivity index (χ1) is 8.81. The Kier molecular flexibility index (Phi) is 5.87. The summed E-state index contributed by atoms with van der Waals surface area (Å²) in [6.45, 7) is 5.57. The molecule has 1 rings (SSSR count). The van der Waals surface area contributed by atoms with E-state index < -0.39 is 11.9 Å². The monoisotopic (exact) mass is 344 g/mol. The van der Waals surface area contributed by atoms with E-state index in [0.29, 0.717) is 0 Å². The van der Waals surface area contributed by atoms with Gasteiger partial charge in [-0.25, -0.2) is 0 Å². The van der Waals surface area contributed by atoms with Gasteiger partial charge in [0.2, 0.25) is 11.8 Å².